The number of hydrogen-bond acceptors (Lipinski definition) is 5. The molecule has 130 valence electrons. The van der Waals surface area contributed by atoms with Crippen LogP contribution in [0.4, 0.5) is 5.82 Å². The standard InChI is InChI=1S/C15H26N4O3S/c1-5-19(4)15(20)11-16-13-7-6-8-14(18-13)23(21,22)17-10-9-12(2)3/h6-8,12,17H,5,9-11H2,1-4H3,(H,16,18). The van der Waals surface area contributed by atoms with Crippen molar-refractivity contribution in [3.63, 3.8) is 0 Å². The van der Waals surface area contributed by atoms with Gasteiger partial charge < -0.3 is 10.2 Å². The summed E-state index contributed by atoms with van der Waals surface area (Å²) in [5.41, 5.74) is 0. The Balaban J connectivity index is 2.70. The van der Waals surface area contributed by atoms with E-state index in [-0.39, 0.29) is 17.5 Å². The van der Waals surface area contributed by atoms with Gasteiger partial charge in [-0.05, 0) is 31.4 Å². The molecule has 1 heterocycles. The van der Waals surface area contributed by atoms with Gasteiger partial charge in [-0.25, -0.2) is 18.1 Å². The van der Waals surface area contributed by atoms with E-state index in [1.807, 2.05) is 20.8 Å². The van der Waals surface area contributed by atoms with E-state index in [1.165, 1.54) is 6.07 Å². The summed E-state index contributed by atoms with van der Waals surface area (Å²) in [6.45, 7) is 7.00. The molecule has 0 spiro atoms. The highest BCUT2D eigenvalue weighted by Gasteiger charge is 2.16. The number of aromatic nitrogens is 1. The van der Waals surface area contributed by atoms with Gasteiger partial charge in [0.05, 0.1) is 6.54 Å². The number of rotatable bonds is 9. The lowest BCUT2D eigenvalue weighted by molar-refractivity contribution is -0.127. The highest BCUT2D eigenvalue weighted by molar-refractivity contribution is 7.89. The van der Waals surface area contributed by atoms with Gasteiger partial charge in [-0.15, -0.1) is 0 Å². The van der Waals surface area contributed by atoms with Crippen LogP contribution >= 0.6 is 0 Å². The van der Waals surface area contributed by atoms with E-state index in [0.29, 0.717) is 24.8 Å². The van der Waals surface area contributed by atoms with Gasteiger partial charge in [0.25, 0.3) is 10.0 Å². The van der Waals surface area contributed by atoms with E-state index < -0.39 is 10.0 Å². The molecule has 0 atom stereocenters. The molecule has 23 heavy (non-hydrogen) atoms. The number of pyridine rings is 1. The maximum atomic E-state index is 12.2. The van der Waals surface area contributed by atoms with Gasteiger partial charge in [0.15, 0.2) is 5.03 Å². The lowest BCUT2D eigenvalue weighted by Crippen LogP contribution is -2.32. The Morgan fingerprint density at radius 2 is 2.04 bits per heavy atom. The smallest absolute Gasteiger partial charge is 0.258 e. The van der Waals surface area contributed by atoms with Crippen LogP contribution in [0, 0.1) is 5.92 Å². The number of sulfonamides is 1. The van der Waals surface area contributed by atoms with Crippen LogP contribution in [-0.4, -0.2) is 50.9 Å². The molecular formula is C15H26N4O3S. The van der Waals surface area contributed by atoms with Crippen molar-refractivity contribution in [2.24, 2.45) is 5.92 Å². The zero-order valence-corrected chi connectivity index (χ0v) is 15.0. The fourth-order valence-electron chi connectivity index (χ4n) is 1.70. The highest BCUT2D eigenvalue weighted by atomic mass is 32.2. The molecule has 0 unspecified atom stereocenters. The SMILES string of the molecule is CCN(C)C(=O)CNc1cccc(S(=O)(=O)NCCC(C)C)n1. The maximum absolute atomic E-state index is 12.2. The first-order chi connectivity index (χ1) is 10.8. The Morgan fingerprint density at radius 3 is 2.65 bits per heavy atom. The van der Waals surface area contributed by atoms with Crippen LogP contribution in [0.2, 0.25) is 0 Å². The summed E-state index contributed by atoms with van der Waals surface area (Å²) >= 11 is 0. The van der Waals surface area contributed by atoms with Gasteiger partial charge >= 0.3 is 0 Å². The summed E-state index contributed by atoms with van der Waals surface area (Å²) in [6.07, 6.45) is 0.759. The van der Waals surface area contributed by atoms with Crippen LogP contribution in [-0.2, 0) is 14.8 Å². The Hall–Kier alpha value is -1.67. The molecule has 0 radical (unpaired) electrons. The van der Waals surface area contributed by atoms with Gasteiger partial charge in [0, 0.05) is 20.1 Å². The third kappa shape index (κ3) is 6.54. The Bertz CT molecular complexity index is 617. The summed E-state index contributed by atoms with van der Waals surface area (Å²) in [5.74, 6) is 0.687. The number of carbonyl (C=O) groups is 1. The first-order valence-corrected chi connectivity index (χ1v) is 9.19. The average Bonchev–Trinajstić information content (AvgIpc) is 2.51. The second kappa shape index (κ2) is 8.83. The summed E-state index contributed by atoms with van der Waals surface area (Å²) in [6, 6.07) is 4.66. The van der Waals surface area contributed by atoms with Crippen molar-refractivity contribution in [3.05, 3.63) is 18.2 Å². The summed E-state index contributed by atoms with van der Waals surface area (Å²) in [5, 5.41) is 2.80. The van der Waals surface area contributed by atoms with Gasteiger partial charge in [0.2, 0.25) is 5.91 Å². The number of nitrogens with one attached hydrogen (secondary N) is 2. The fraction of sp³-hybridized carbons (Fsp3) is 0.600. The minimum absolute atomic E-state index is 0.0532. The van der Waals surface area contributed by atoms with Crippen LogP contribution < -0.4 is 10.0 Å². The quantitative estimate of drug-likeness (QED) is 0.706. The molecule has 1 amide bonds. The van der Waals surface area contributed by atoms with Crippen LogP contribution in [0.3, 0.4) is 0 Å². The van der Waals surface area contributed by atoms with E-state index in [1.54, 1.807) is 24.1 Å². The second-order valence-corrected chi connectivity index (χ2v) is 7.42. The number of nitrogens with zero attached hydrogens (tertiary/aromatic N) is 2. The van der Waals surface area contributed by atoms with Crippen molar-refractivity contribution in [1.82, 2.24) is 14.6 Å². The van der Waals surface area contributed by atoms with E-state index >= 15 is 0 Å². The topological polar surface area (TPSA) is 91.4 Å². The molecule has 2 N–H and O–H groups in total. The van der Waals surface area contributed by atoms with Crippen LogP contribution in [0.1, 0.15) is 27.2 Å². The molecule has 1 aromatic heterocycles. The molecule has 8 heteroatoms. The number of carbonyl (C=O) groups excluding carboxylic acids is 1. The first-order valence-electron chi connectivity index (χ1n) is 7.70. The van der Waals surface area contributed by atoms with Crippen molar-refractivity contribution in [3.8, 4) is 0 Å². The molecule has 0 fully saturated rings. The monoisotopic (exact) mass is 342 g/mol. The van der Waals surface area contributed by atoms with Gasteiger partial charge in [0.1, 0.15) is 5.82 Å². The predicted octanol–water partition coefficient (Wildman–Crippen LogP) is 1.30. The van der Waals surface area contributed by atoms with Gasteiger partial charge in [-0.1, -0.05) is 19.9 Å². The lowest BCUT2D eigenvalue weighted by atomic mass is 10.1. The minimum Gasteiger partial charge on any atom is -0.361 e. The zero-order chi connectivity index (χ0) is 17.5. The van der Waals surface area contributed by atoms with Crippen molar-refractivity contribution < 1.29 is 13.2 Å². The Kier molecular flexibility index (Phi) is 7.44. The number of likely N-dealkylation sites (N-methyl/N-ethyl adjacent to an activating group) is 1. The molecular weight excluding hydrogens is 316 g/mol. The normalized spacial score (nSPS) is 11.5. The van der Waals surface area contributed by atoms with E-state index in [2.05, 4.69) is 15.0 Å². The molecule has 7 nitrogen and oxygen atoms in total. The zero-order valence-electron chi connectivity index (χ0n) is 14.2. The summed E-state index contributed by atoms with van der Waals surface area (Å²) < 4.78 is 26.9. The molecule has 0 aromatic carbocycles. The van der Waals surface area contributed by atoms with Gasteiger partial charge in [-0.3, -0.25) is 4.79 Å². The molecule has 0 aliphatic carbocycles. The predicted molar refractivity (Wildman–Crippen MR) is 90.7 cm³/mol. The second-order valence-electron chi connectivity index (χ2n) is 5.70. The molecule has 0 saturated heterocycles. The molecule has 0 saturated carbocycles. The van der Waals surface area contributed by atoms with E-state index in [0.717, 1.165) is 6.42 Å². The third-order valence-electron chi connectivity index (χ3n) is 3.33. The molecule has 1 aromatic rings. The molecule has 0 aliphatic rings. The Morgan fingerprint density at radius 1 is 1.35 bits per heavy atom. The largest absolute Gasteiger partial charge is 0.361 e. The van der Waals surface area contributed by atoms with Crippen LogP contribution in [0.15, 0.2) is 23.2 Å². The number of hydrogen-bond donors (Lipinski definition) is 2. The average molecular weight is 342 g/mol. The van der Waals surface area contributed by atoms with Crippen LogP contribution in [0.25, 0.3) is 0 Å². The van der Waals surface area contributed by atoms with Gasteiger partial charge in [-0.2, -0.15) is 0 Å². The van der Waals surface area contributed by atoms with Crippen molar-refractivity contribution in [2.45, 2.75) is 32.2 Å². The van der Waals surface area contributed by atoms with E-state index in [4.69, 9.17) is 0 Å². The highest BCUT2D eigenvalue weighted by Crippen LogP contribution is 2.10. The van der Waals surface area contributed by atoms with Crippen LogP contribution in [0.5, 0.6) is 0 Å². The minimum atomic E-state index is -3.63. The number of amides is 1. The summed E-state index contributed by atoms with van der Waals surface area (Å²) in [4.78, 5) is 17.4. The van der Waals surface area contributed by atoms with Crippen molar-refractivity contribution in [2.75, 3.05) is 32.0 Å². The fourth-order valence-corrected chi connectivity index (χ4v) is 2.71. The lowest BCUT2D eigenvalue weighted by Gasteiger charge is -2.15. The molecule has 0 aliphatic heterocycles. The maximum Gasteiger partial charge on any atom is 0.258 e. The Labute approximate surface area is 138 Å². The van der Waals surface area contributed by atoms with Crippen molar-refractivity contribution in [1.29, 1.82) is 0 Å². The van der Waals surface area contributed by atoms with E-state index in [9.17, 15) is 13.2 Å². The third-order valence-corrected chi connectivity index (χ3v) is 4.70. The summed E-state index contributed by atoms with van der Waals surface area (Å²) in [7, 11) is -1.93. The molecule has 1 rings (SSSR count). The molecule has 0 bridgehead atoms. The number of anilines is 1. The first kappa shape index (κ1) is 19.4. The van der Waals surface area contributed by atoms with Crippen molar-refractivity contribution >= 4 is 21.7 Å².